The van der Waals surface area contributed by atoms with E-state index in [0.717, 1.165) is 18.0 Å². The lowest BCUT2D eigenvalue weighted by Crippen LogP contribution is -2.26. The maximum Gasteiger partial charge on any atom is 0.242 e. The number of rotatable bonds is 7. The monoisotopic (exact) mass is 311 g/mol. The van der Waals surface area contributed by atoms with E-state index in [0.29, 0.717) is 12.3 Å². The van der Waals surface area contributed by atoms with Gasteiger partial charge in [0, 0.05) is 18.4 Å². The Morgan fingerprint density at radius 2 is 2.14 bits per heavy atom. The molecule has 21 heavy (non-hydrogen) atoms. The molecule has 0 fully saturated rings. The lowest BCUT2D eigenvalue weighted by Gasteiger charge is -2.10. The average molecular weight is 311 g/mol. The highest BCUT2D eigenvalue weighted by atomic mass is 32.2. The SMILES string of the molecule is CCNCc1cc(S(=O)(=O)NC(C)c2ccc(C)o2)c[nH]1. The fraction of sp³-hybridized carbons (Fsp3) is 0.429. The predicted molar refractivity (Wildman–Crippen MR) is 80.4 cm³/mol. The van der Waals surface area contributed by atoms with Crippen molar-refractivity contribution in [3.8, 4) is 0 Å². The van der Waals surface area contributed by atoms with Gasteiger partial charge in [0.2, 0.25) is 10.0 Å². The van der Waals surface area contributed by atoms with Gasteiger partial charge in [-0.15, -0.1) is 0 Å². The third-order valence-electron chi connectivity index (χ3n) is 3.11. The molecule has 1 atom stereocenters. The Kier molecular flexibility index (Phi) is 4.87. The van der Waals surface area contributed by atoms with Gasteiger partial charge in [-0.2, -0.15) is 0 Å². The van der Waals surface area contributed by atoms with Gasteiger partial charge in [-0.05, 0) is 38.6 Å². The third kappa shape index (κ3) is 3.96. The highest BCUT2D eigenvalue weighted by molar-refractivity contribution is 7.89. The van der Waals surface area contributed by atoms with E-state index < -0.39 is 16.1 Å². The van der Waals surface area contributed by atoms with Crippen molar-refractivity contribution in [1.29, 1.82) is 0 Å². The van der Waals surface area contributed by atoms with Crippen molar-refractivity contribution in [2.75, 3.05) is 6.54 Å². The van der Waals surface area contributed by atoms with Gasteiger partial charge in [-0.25, -0.2) is 13.1 Å². The van der Waals surface area contributed by atoms with E-state index in [-0.39, 0.29) is 4.90 Å². The average Bonchev–Trinajstić information content (AvgIpc) is 3.05. The molecule has 0 radical (unpaired) electrons. The molecule has 2 rings (SSSR count). The molecule has 2 heterocycles. The van der Waals surface area contributed by atoms with Gasteiger partial charge in [-0.1, -0.05) is 6.92 Å². The van der Waals surface area contributed by atoms with Crippen LogP contribution in [0.15, 0.2) is 33.7 Å². The number of aromatic amines is 1. The lowest BCUT2D eigenvalue weighted by atomic mass is 10.3. The molecule has 0 saturated heterocycles. The number of H-pyrrole nitrogens is 1. The van der Waals surface area contributed by atoms with E-state index in [1.54, 1.807) is 19.1 Å². The minimum absolute atomic E-state index is 0.227. The number of sulfonamides is 1. The first kappa shape index (κ1) is 15.8. The molecule has 2 aromatic rings. The summed E-state index contributed by atoms with van der Waals surface area (Å²) in [5, 5.41) is 3.14. The molecule has 0 bridgehead atoms. The molecule has 0 aliphatic carbocycles. The fourth-order valence-corrected chi connectivity index (χ4v) is 3.21. The molecule has 0 aliphatic rings. The predicted octanol–water partition coefficient (Wildman–Crippen LogP) is 2.07. The van der Waals surface area contributed by atoms with Crippen molar-refractivity contribution < 1.29 is 12.8 Å². The van der Waals surface area contributed by atoms with Crippen molar-refractivity contribution in [1.82, 2.24) is 15.0 Å². The highest BCUT2D eigenvalue weighted by Crippen LogP contribution is 2.19. The maximum absolute atomic E-state index is 12.3. The molecule has 1 unspecified atom stereocenters. The number of nitrogens with one attached hydrogen (secondary N) is 3. The number of hydrogen-bond donors (Lipinski definition) is 3. The topological polar surface area (TPSA) is 87.1 Å². The number of furan rings is 1. The summed E-state index contributed by atoms with van der Waals surface area (Å²) in [4.78, 5) is 3.19. The van der Waals surface area contributed by atoms with E-state index >= 15 is 0 Å². The van der Waals surface area contributed by atoms with Crippen LogP contribution >= 0.6 is 0 Å². The molecule has 0 aliphatic heterocycles. The van der Waals surface area contributed by atoms with Crippen LogP contribution in [-0.4, -0.2) is 19.9 Å². The molecule has 0 saturated carbocycles. The first-order valence-electron chi connectivity index (χ1n) is 6.89. The van der Waals surface area contributed by atoms with Crippen molar-refractivity contribution in [2.45, 2.75) is 38.3 Å². The molecule has 3 N–H and O–H groups in total. The van der Waals surface area contributed by atoms with E-state index in [9.17, 15) is 8.42 Å². The Morgan fingerprint density at radius 1 is 1.38 bits per heavy atom. The molecule has 2 aromatic heterocycles. The van der Waals surface area contributed by atoms with Crippen LogP contribution in [0.4, 0.5) is 0 Å². The first-order chi connectivity index (χ1) is 9.92. The van der Waals surface area contributed by atoms with E-state index in [1.165, 1.54) is 6.20 Å². The summed E-state index contributed by atoms with van der Waals surface area (Å²) in [5.41, 5.74) is 0.832. The van der Waals surface area contributed by atoms with Gasteiger partial charge in [-0.3, -0.25) is 0 Å². The van der Waals surface area contributed by atoms with Gasteiger partial charge >= 0.3 is 0 Å². The molecule has 6 nitrogen and oxygen atoms in total. The summed E-state index contributed by atoms with van der Waals surface area (Å²) in [6.45, 7) is 7.01. The van der Waals surface area contributed by atoms with Crippen molar-refractivity contribution >= 4 is 10.0 Å². The molecule has 7 heteroatoms. The van der Waals surface area contributed by atoms with E-state index in [1.807, 2.05) is 19.9 Å². The Bertz CT molecular complexity index is 688. The molecule has 0 amide bonds. The smallest absolute Gasteiger partial charge is 0.242 e. The van der Waals surface area contributed by atoms with Crippen LogP contribution in [0, 0.1) is 6.92 Å². The maximum atomic E-state index is 12.3. The van der Waals surface area contributed by atoms with Crippen LogP contribution in [0.5, 0.6) is 0 Å². The van der Waals surface area contributed by atoms with Crippen LogP contribution < -0.4 is 10.0 Å². The molecule has 0 spiro atoms. The minimum Gasteiger partial charge on any atom is -0.465 e. The molecule has 116 valence electrons. The molecule has 0 aromatic carbocycles. The zero-order chi connectivity index (χ0) is 15.5. The number of aromatic nitrogens is 1. The Balaban J connectivity index is 2.09. The van der Waals surface area contributed by atoms with E-state index in [4.69, 9.17) is 4.42 Å². The van der Waals surface area contributed by atoms with Crippen LogP contribution in [0.2, 0.25) is 0 Å². The molecular weight excluding hydrogens is 290 g/mol. The summed E-state index contributed by atoms with van der Waals surface area (Å²) in [7, 11) is -3.57. The van der Waals surface area contributed by atoms with Crippen LogP contribution in [0.3, 0.4) is 0 Å². The van der Waals surface area contributed by atoms with Gasteiger partial charge < -0.3 is 14.7 Å². The second-order valence-electron chi connectivity index (χ2n) is 4.93. The van der Waals surface area contributed by atoms with Gasteiger partial charge in [0.15, 0.2) is 0 Å². The Hall–Kier alpha value is -1.57. The summed E-state index contributed by atoms with van der Waals surface area (Å²) in [6.07, 6.45) is 1.50. The Morgan fingerprint density at radius 3 is 2.76 bits per heavy atom. The minimum atomic E-state index is -3.57. The van der Waals surface area contributed by atoms with Crippen LogP contribution in [0.1, 0.15) is 37.1 Å². The normalized spacial score (nSPS) is 13.5. The number of hydrogen-bond acceptors (Lipinski definition) is 4. The van der Waals surface area contributed by atoms with Crippen molar-refractivity contribution in [3.63, 3.8) is 0 Å². The first-order valence-corrected chi connectivity index (χ1v) is 8.37. The fourth-order valence-electron chi connectivity index (χ4n) is 1.98. The largest absolute Gasteiger partial charge is 0.465 e. The summed E-state index contributed by atoms with van der Waals surface area (Å²) in [5.74, 6) is 1.35. The Labute approximate surface area is 125 Å². The second-order valence-corrected chi connectivity index (χ2v) is 6.65. The standard InChI is InChI=1S/C14H21N3O3S/c1-4-15-8-12-7-13(9-16-12)21(18,19)17-11(3)14-6-5-10(2)20-14/h5-7,9,11,15-17H,4,8H2,1-3H3. The van der Waals surface area contributed by atoms with Crippen LogP contribution in [-0.2, 0) is 16.6 Å². The van der Waals surface area contributed by atoms with Gasteiger partial charge in [0.25, 0.3) is 0 Å². The summed E-state index contributed by atoms with van der Waals surface area (Å²) in [6, 6.07) is 4.79. The lowest BCUT2D eigenvalue weighted by molar-refractivity contribution is 0.441. The summed E-state index contributed by atoms with van der Waals surface area (Å²) < 4.78 is 32.7. The van der Waals surface area contributed by atoms with Crippen molar-refractivity contribution in [3.05, 3.63) is 41.6 Å². The zero-order valence-electron chi connectivity index (χ0n) is 12.4. The highest BCUT2D eigenvalue weighted by Gasteiger charge is 2.21. The quantitative estimate of drug-likeness (QED) is 0.730. The zero-order valence-corrected chi connectivity index (χ0v) is 13.3. The summed E-state index contributed by atoms with van der Waals surface area (Å²) >= 11 is 0. The number of aryl methyl sites for hydroxylation is 1. The third-order valence-corrected chi connectivity index (χ3v) is 4.63. The van der Waals surface area contributed by atoms with E-state index in [2.05, 4.69) is 15.0 Å². The van der Waals surface area contributed by atoms with Crippen molar-refractivity contribution in [2.24, 2.45) is 0 Å². The molecular formula is C14H21N3O3S. The second kappa shape index (κ2) is 6.46. The van der Waals surface area contributed by atoms with Gasteiger partial charge in [0.05, 0.1) is 10.9 Å². The van der Waals surface area contributed by atoms with Gasteiger partial charge in [0.1, 0.15) is 11.5 Å². The van der Waals surface area contributed by atoms with Crippen LogP contribution in [0.25, 0.3) is 0 Å².